The zero-order chi connectivity index (χ0) is 26.1. The third-order valence-corrected chi connectivity index (χ3v) is 8.58. The number of hydrogen-bond acceptors (Lipinski definition) is 7. The van der Waals surface area contributed by atoms with Crippen molar-refractivity contribution in [1.29, 1.82) is 0 Å². The van der Waals surface area contributed by atoms with Gasteiger partial charge in [-0.1, -0.05) is 17.7 Å². The van der Waals surface area contributed by atoms with Crippen molar-refractivity contribution in [2.75, 3.05) is 55.5 Å². The number of hydrogen-bond donors (Lipinski definition) is 2. The number of methoxy groups -OCH3 is 1. The summed E-state index contributed by atoms with van der Waals surface area (Å²) in [6.07, 6.45) is 7.23. The highest BCUT2D eigenvalue weighted by atomic mass is 35.5. The van der Waals surface area contributed by atoms with E-state index in [9.17, 15) is 4.21 Å². The average molecular weight is 541 g/mol. The van der Waals surface area contributed by atoms with Crippen molar-refractivity contribution in [3.05, 3.63) is 58.2 Å². The molecule has 1 unspecified atom stereocenters. The number of halogens is 1. The molecule has 6 bridgehead atoms. The third kappa shape index (κ3) is 5.54. The Bertz CT molecular complexity index is 1330. The maximum absolute atomic E-state index is 12.3. The van der Waals surface area contributed by atoms with E-state index >= 15 is 0 Å². The number of likely N-dealkylation sites (tertiary alicyclic amines) is 1. The molecule has 5 rings (SSSR count). The monoisotopic (exact) mass is 540 g/mol. The molecule has 0 amide bonds. The van der Waals surface area contributed by atoms with Crippen molar-refractivity contribution >= 4 is 51.4 Å². The molecular weight excluding hydrogens is 508 g/mol. The van der Waals surface area contributed by atoms with Gasteiger partial charge in [0.2, 0.25) is 5.95 Å². The van der Waals surface area contributed by atoms with Crippen LogP contribution < -0.4 is 19.7 Å². The number of fused-ring (bicyclic) bond motifs is 6. The molecule has 10 heteroatoms. The van der Waals surface area contributed by atoms with E-state index in [0.29, 0.717) is 22.7 Å². The molecule has 37 heavy (non-hydrogen) atoms. The minimum absolute atomic E-state index is 0.391. The maximum atomic E-state index is 12.3. The second-order valence-corrected chi connectivity index (χ2v) is 11.5. The second-order valence-electron chi connectivity index (χ2n) is 9.74. The molecule has 3 heterocycles. The number of anilines is 5. The summed E-state index contributed by atoms with van der Waals surface area (Å²) in [5, 5.41) is 7.11. The summed E-state index contributed by atoms with van der Waals surface area (Å²) in [6.45, 7) is 2.19. The summed E-state index contributed by atoms with van der Waals surface area (Å²) >= 11 is 6.49. The molecule has 1 atom stereocenters. The summed E-state index contributed by atoms with van der Waals surface area (Å²) in [5.74, 6) is 2.15. The molecule has 2 N–H and O–H groups in total. The van der Waals surface area contributed by atoms with E-state index < -0.39 is 11.0 Å². The largest absolute Gasteiger partial charge is 0.495 e. The molecule has 8 nitrogen and oxygen atoms in total. The van der Waals surface area contributed by atoms with Crippen LogP contribution in [0, 0.1) is 0 Å². The van der Waals surface area contributed by atoms with Gasteiger partial charge in [-0.2, -0.15) is 4.98 Å². The fourth-order valence-corrected chi connectivity index (χ4v) is 5.69. The van der Waals surface area contributed by atoms with Crippen molar-refractivity contribution in [2.45, 2.75) is 31.6 Å². The first-order valence-corrected chi connectivity index (χ1v) is 14.4. The Morgan fingerprint density at radius 2 is 1.92 bits per heavy atom. The van der Waals surface area contributed by atoms with Crippen LogP contribution in [-0.4, -0.2) is 59.6 Å². The molecule has 2 aliphatic rings. The molecule has 0 aliphatic carbocycles. The lowest BCUT2D eigenvalue weighted by Crippen LogP contribution is -2.29. The Balaban J connectivity index is 1.62. The number of piperidine rings is 1. The molecular formula is C27H33ClN6O2S. The van der Waals surface area contributed by atoms with E-state index in [-0.39, 0.29) is 0 Å². The minimum Gasteiger partial charge on any atom is -0.495 e. The number of benzene rings is 2. The second kappa shape index (κ2) is 10.8. The standard InChI is InChI=1S/C27H33ClN6O2S/c1-33-11-9-18(10-12-33)20-15-25(36-3)23-14-19(20)7-5-17-6-8-24(34(2)37(4)35)22(13-17)30-26-21(28)16-29-27(31-23)32-26/h6,8,13-16,18H,5,7,9-12H2,1-4H3,(H2,29,30,31,32). The van der Waals surface area contributed by atoms with Crippen molar-refractivity contribution in [1.82, 2.24) is 14.9 Å². The summed E-state index contributed by atoms with van der Waals surface area (Å²) in [6, 6.07) is 10.6. The summed E-state index contributed by atoms with van der Waals surface area (Å²) in [7, 11) is 4.51. The van der Waals surface area contributed by atoms with Gasteiger partial charge in [0.1, 0.15) is 21.8 Å². The molecule has 0 radical (unpaired) electrons. The van der Waals surface area contributed by atoms with Crippen molar-refractivity contribution in [3.63, 3.8) is 0 Å². The Hall–Kier alpha value is -2.88. The molecule has 196 valence electrons. The Morgan fingerprint density at radius 1 is 1.14 bits per heavy atom. The van der Waals surface area contributed by atoms with Gasteiger partial charge in [-0.05, 0) is 92.7 Å². The lowest BCUT2D eigenvalue weighted by atomic mass is 9.84. The van der Waals surface area contributed by atoms with Gasteiger partial charge in [0.25, 0.3) is 0 Å². The lowest BCUT2D eigenvalue weighted by Gasteiger charge is -2.31. The van der Waals surface area contributed by atoms with Gasteiger partial charge in [0.05, 0.1) is 30.4 Å². The van der Waals surface area contributed by atoms with Crippen LogP contribution in [0.5, 0.6) is 5.75 Å². The third-order valence-electron chi connectivity index (χ3n) is 7.33. The zero-order valence-corrected chi connectivity index (χ0v) is 23.2. The van der Waals surface area contributed by atoms with Crippen LogP contribution in [0.4, 0.5) is 28.8 Å². The van der Waals surface area contributed by atoms with Crippen molar-refractivity contribution < 1.29 is 8.95 Å². The SMILES string of the molecule is COc1cc(C2CCN(C)CC2)c2cc1Nc1ncc(Cl)c(n1)Nc1cc(ccc1N(C)S(C)=O)CC2. The van der Waals surface area contributed by atoms with Crippen LogP contribution >= 0.6 is 11.6 Å². The van der Waals surface area contributed by atoms with Crippen LogP contribution in [0.15, 0.2) is 36.5 Å². The Kier molecular flexibility index (Phi) is 7.55. The molecule has 3 aromatic rings. The highest BCUT2D eigenvalue weighted by Crippen LogP contribution is 2.39. The maximum Gasteiger partial charge on any atom is 0.229 e. The van der Waals surface area contributed by atoms with Crippen LogP contribution in [-0.2, 0) is 23.8 Å². The normalized spacial score (nSPS) is 16.9. The van der Waals surface area contributed by atoms with Crippen LogP contribution in [0.3, 0.4) is 0 Å². The molecule has 1 aromatic heterocycles. The van der Waals surface area contributed by atoms with Gasteiger partial charge in [-0.15, -0.1) is 0 Å². The Labute approximate surface area is 226 Å². The molecule has 2 aromatic carbocycles. The van der Waals surface area contributed by atoms with Crippen molar-refractivity contribution in [2.24, 2.45) is 0 Å². The van der Waals surface area contributed by atoms with E-state index in [1.807, 2.05) is 13.1 Å². The van der Waals surface area contributed by atoms with Gasteiger partial charge in [-0.25, -0.2) is 9.19 Å². The number of ether oxygens (including phenoxy) is 1. The molecule has 2 aliphatic heterocycles. The smallest absolute Gasteiger partial charge is 0.229 e. The van der Waals surface area contributed by atoms with E-state index in [0.717, 1.165) is 61.6 Å². The van der Waals surface area contributed by atoms with E-state index in [2.05, 4.69) is 56.8 Å². The highest BCUT2D eigenvalue weighted by Gasteiger charge is 2.24. The predicted molar refractivity (Wildman–Crippen MR) is 152 cm³/mol. The summed E-state index contributed by atoms with van der Waals surface area (Å²) in [5.41, 5.74) is 6.26. The number of nitrogens with zero attached hydrogens (tertiary/aromatic N) is 4. The predicted octanol–water partition coefficient (Wildman–Crippen LogP) is 5.26. The van der Waals surface area contributed by atoms with Crippen LogP contribution in [0.2, 0.25) is 5.02 Å². The number of nitrogens with one attached hydrogen (secondary N) is 2. The Morgan fingerprint density at radius 3 is 2.65 bits per heavy atom. The fourth-order valence-electron chi connectivity index (χ4n) is 5.12. The van der Waals surface area contributed by atoms with Gasteiger partial charge in [-0.3, -0.25) is 4.31 Å². The first kappa shape index (κ1) is 25.8. The summed E-state index contributed by atoms with van der Waals surface area (Å²) in [4.78, 5) is 11.5. The zero-order valence-electron chi connectivity index (χ0n) is 21.7. The van der Waals surface area contributed by atoms with E-state index in [1.54, 1.807) is 23.9 Å². The number of aromatic nitrogens is 2. The fraction of sp³-hybridized carbons (Fsp3) is 0.407. The topological polar surface area (TPSA) is 82.6 Å². The molecule has 0 saturated carbocycles. The first-order valence-electron chi connectivity index (χ1n) is 12.5. The minimum atomic E-state index is -1.19. The van der Waals surface area contributed by atoms with Gasteiger partial charge < -0.3 is 20.3 Å². The molecule has 0 spiro atoms. The van der Waals surface area contributed by atoms with E-state index in [4.69, 9.17) is 16.3 Å². The van der Waals surface area contributed by atoms with Crippen molar-refractivity contribution in [3.8, 4) is 5.75 Å². The van der Waals surface area contributed by atoms with Gasteiger partial charge in [0.15, 0.2) is 5.82 Å². The number of aryl methyl sites for hydroxylation is 2. The number of rotatable bonds is 4. The van der Waals surface area contributed by atoms with Gasteiger partial charge >= 0.3 is 0 Å². The summed E-state index contributed by atoms with van der Waals surface area (Å²) < 4.78 is 19.8. The molecule has 1 fully saturated rings. The molecule has 1 saturated heterocycles. The average Bonchev–Trinajstić information content (AvgIpc) is 2.89. The van der Waals surface area contributed by atoms with Crippen LogP contribution in [0.1, 0.15) is 35.4 Å². The van der Waals surface area contributed by atoms with Crippen LogP contribution in [0.25, 0.3) is 0 Å². The van der Waals surface area contributed by atoms with Gasteiger partial charge in [0, 0.05) is 13.3 Å². The quantitative estimate of drug-likeness (QED) is 0.467. The highest BCUT2D eigenvalue weighted by molar-refractivity contribution is 7.85. The lowest BCUT2D eigenvalue weighted by molar-refractivity contribution is 0.254. The van der Waals surface area contributed by atoms with E-state index in [1.165, 1.54) is 16.7 Å². The first-order chi connectivity index (χ1) is 17.8.